The zero-order valence-corrected chi connectivity index (χ0v) is 15.6. The molecule has 0 aliphatic heterocycles. The molecule has 0 radical (unpaired) electrons. The van der Waals surface area contributed by atoms with E-state index in [1.54, 1.807) is 24.3 Å². The van der Waals surface area contributed by atoms with Crippen LogP contribution in [0.3, 0.4) is 0 Å². The van der Waals surface area contributed by atoms with Crippen LogP contribution in [-0.4, -0.2) is 17.5 Å². The molecule has 0 saturated heterocycles. The fourth-order valence-electron chi connectivity index (χ4n) is 2.61. The summed E-state index contributed by atoms with van der Waals surface area (Å²) >= 11 is 0. The minimum atomic E-state index is -0.185. The number of hydrogen-bond acceptors (Lipinski definition) is 3. The van der Waals surface area contributed by atoms with E-state index in [0.29, 0.717) is 23.5 Å². The first kappa shape index (κ1) is 21.2. The third kappa shape index (κ3) is 6.91. The second-order valence-electron chi connectivity index (χ2n) is 5.99. The van der Waals surface area contributed by atoms with Crippen molar-refractivity contribution >= 4 is 5.78 Å². The van der Waals surface area contributed by atoms with Crippen molar-refractivity contribution in [3.63, 3.8) is 0 Å². The number of carbonyl (C=O) groups is 1. The Balaban J connectivity index is 0.00000312. The average molecular weight is 385 g/mol. The molecule has 3 nitrogen and oxygen atoms in total. The van der Waals surface area contributed by atoms with Gasteiger partial charge in [0, 0.05) is 28.1 Å². The van der Waals surface area contributed by atoms with Gasteiger partial charge in [-0.05, 0) is 18.6 Å². The number of ether oxygens (including phenoxy) is 1. The van der Waals surface area contributed by atoms with Gasteiger partial charge >= 0.3 is 0 Å². The molecule has 0 saturated carbocycles. The van der Waals surface area contributed by atoms with Crippen molar-refractivity contribution < 1.29 is 31.1 Å². The summed E-state index contributed by atoms with van der Waals surface area (Å²) in [7, 11) is 0. The Labute approximate surface area is 160 Å². The van der Waals surface area contributed by atoms with Crippen molar-refractivity contribution in [1.29, 1.82) is 0 Å². The fourth-order valence-corrected chi connectivity index (χ4v) is 2.61. The topological polar surface area (TPSA) is 46.5 Å². The summed E-state index contributed by atoms with van der Waals surface area (Å²) in [5, 5.41) is 10.1. The maximum Gasteiger partial charge on any atom is 0.196 e. The zero-order chi connectivity index (χ0) is 17.2. The van der Waals surface area contributed by atoms with E-state index < -0.39 is 0 Å². The number of ketones is 1. The number of phenols is 1. The minimum Gasteiger partial charge on any atom is -0.507 e. The third-order valence-electron chi connectivity index (χ3n) is 4.02. The summed E-state index contributed by atoms with van der Waals surface area (Å²) < 4.78 is 5.66. The van der Waals surface area contributed by atoms with Gasteiger partial charge in [0.2, 0.25) is 0 Å². The number of phenolic OH excluding ortho intramolecular Hbond substituents is 1. The number of carbonyl (C=O) groups excluding carboxylic acids is 1. The predicted octanol–water partition coefficient (Wildman–Crippen LogP) is 5.36. The van der Waals surface area contributed by atoms with Crippen LogP contribution in [0, 0.1) is 0 Å². The van der Waals surface area contributed by atoms with Gasteiger partial charge in [0.25, 0.3) is 0 Å². The molecule has 2 aromatic carbocycles. The molecule has 0 bridgehead atoms. The molecule has 0 heterocycles. The molecule has 2 aromatic rings. The van der Waals surface area contributed by atoms with Gasteiger partial charge < -0.3 is 9.84 Å². The summed E-state index contributed by atoms with van der Waals surface area (Å²) in [5.41, 5.74) is 0.863. The van der Waals surface area contributed by atoms with Crippen molar-refractivity contribution in [2.75, 3.05) is 6.61 Å². The van der Waals surface area contributed by atoms with E-state index in [4.69, 9.17) is 4.74 Å². The van der Waals surface area contributed by atoms with Crippen LogP contribution in [0.15, 0.2) is 48.5 Å². The van der Waals surface area contributed by atoms with E-state index in [2.05, 4.69) is 6.92 Å². The van der Waals surface area contributed by atoms with E-state index in [1.807, 2.05) is 18.2 Å². The van der Waals surface area contributed by atoms with Crippen LogP contribution in [0.5, 0.6) is 11.5 Å². The first-order valence-electron chi connectivity index (χ1n) is 8.78. The Morgan fingerprint density at radius 1 is 0.960 bits per heavy atom. The molecule has 25 heavy (non-hydrogen) atoms. The van der Waals surface area contributed by atoms with Crippen molar-refractivity contribution in [3.05, 3.63) is 59.7 Å². The largest absolute Gasteiger partial charge is 0.507 e. The minimum absolute atomic E-state index is 0. The van der Waals surface area contributed by atoms with Crippen LogP contribution in [0.25, 0.3) is 0 Å². The van der Waals surface area contributed by atoms with Crippen molar-refractivity contribution in [2.24, 2.45) is 0 Å². The Hall–Kier alpha value is -1.80. The smallest absolute Gasteiger partial charge is 0.196 e. The van der Waals surface area contributed by atoms with Crippen molar-refractivity contribution in [1.82, 2.24) is 0 Å². The van der Waals surface area contributed by atoms with Crippen molar-refractivity contribution in [3.8, 4) is 11.5 Å². The summed E-state index contributed by atoms with van der Waals surface area (Å²) in [4.78, 5) is 12.4. The van der Waals surface area contributed by atoms with Crippen LogP contribution in [-0.2, 0) is 16.5 Å². The number of rotatable bonds is 10. The standard InChI is InChI=1S/C21H26O3.Ni/c1-2-3-4-5-6-10-15-24-18-13-14-19(20(22)16-18)21(23)17-11-8-7-9-12-17;/h7-9,11-14,16,22H,2-6,10,15H2,1H3;. The van der Waals surface area contributed by atoms with Crippen LogP contribution in [0.4, 0.5) is 0 Å². The SMILES string of the molecule is CCCCCCCCOc1ccc(C(=O)c2ccccc2)c(O)c1.[Ni]. The Bertz CT molecular complexity index is 641. The summed E-state index contributed by atoms with van der Waals surface area (Å²) in [5.74, 6) is 0.380. The molecule has 2 rings (SSSR count). The van der Waals surface area contributed by atoms with E-state index in [1.165, 1.54) is 31.7 Å². The van der Waals surface area contributed by atoms with Crippen LogP contribution >= 0.6 is 0 Å². The first-order chi connectivity index (χ1) is 11.7. The van der Waals surface area contributed by atoms with E-state index in [-0.39, 0.29) is 28.0 Å². The van der Waals surface area contributed by atoms with E-state index >= 15 is 0 Å². The number of aromatic hydroxyl groups is 1. The van der Waals surface area contributed by atoms with Gasteiger partial charge in [-0.3, -0.25) is 4.79 Å². The molecular formula is C21H26NiO3. The summed E-state index contributed by atoms with van der Waals surface area (Å²) in [6.45, 7) is 2.85. The van der Waals surface area contributed by atoms with Gasteiger partial charge in [-0.25, -0.2) is 0 Å². The Kier molecular flexibility index (Phi) is 9.95. The molecule has 0 aliphatic carbocycles. The molecule has 1 N–H and O–H groups in total. The van der Waals surface area contributed by atoms with Crippen LogP contribution < -0.4 is 4.74 Å². The summed E-state index contributed by atoms with van der Waals surface area (Å²) in [6.07, 6.45) is 7.25. The maximum absolute atomic E-state index is 12.4. The van der Waals surface area contributed by atoms with E-state index in [9.17, 15) is 9.90 Å². The van der Waals surface area contributed by atoms with Gasteiger partial charge in [0.1, 0.15) is 11.5 Å². The normalized spacial score (nSPS) is 10.1. The molecular weight excluding hydrogens is 359 g/mol. The molecule has 0 spiro atoms. The first-order valence-corrected chi connectivity index (χ1v) is 8.78. The maximum atomic E-state index is 12.4. The molecule has 0 amide bonds. The van der Waals surface area contributed by atoms with Crippen LogP contribution in [0.1, 0.15) is 61.4 Å². The molecule has 4 heteroatoms. The zero-order valence-electron chi connectivity index (χ0n) is 14.6. The third-order valence-corrected chi connectivity index (χ3v) is 4.02. The predicted molar refractivity (Wildman–Crippen MR) is 96.9 cm³/mol. The fraction of sp³-hybridized carbons (Fsp3) is 0.381. The van der Waals surface area contributed by atoms with Gasteiger partial charge in [0.15, 0.2) is 5.78 Å². The molecule has 0 aromatic heterocycles. The molecule has 0 fully saturated rings. The monoisotopic (exact) mass is 384 g/mol. The Morgan fingerprint density at radius 3 is 2.32 bits per heavy atom. The quantitative estimate of drug-likeness (QED) is 0.340. The van der Waals surface area contributed by atoms with E-state index in [0.717, 1.165) is 12.8 Å². The number of hydrogen-bond donors (Lipinski definition) is 1. The van der Waals surface area contributed by atoms with Gasteiger partial charge in [-0.15, -0.1) is 0 Å². The molecule has 138 valence electrons. The van der Waals surface area contributed by atoms with Gasteiger partial charge in [-0.1, -0.05) is 69.4 Å². The number of unbranched alkanes of at least 4 members (excludes halogenated alkanes) is 5. The van der Waals surface area contributed by atoms with Crippen molar-refractivity contribution in [2.45, 2.75) is 45.4 Å². The second kappa shape index (κ2) is 11.7. The Morgan fingerprint density at radius 2 is 1.64 bits per heavy atom. The van der Waals surface area contributed by atoms with Gasteiger partial charge in [-0.2, -0.15) is 0 Å². The number of benzene rings is 2. The molecule has 0 unspecified atom stereocenters. The van der Waals surface area contributed by atoms with Gasteiger partial charge in [0.05, 0.1) is 12.2 Å². The summed E-state index contributed by atoms with van der Waals surface area (Å²) in [6, 6.07) is 13.8. The molecule has 0 atom stereocenters. The van der Waals surface area contributed by atoms with Crippen LogP contribution in [0.2, 0.25) is 0 Å². The molecule has 0 aliphatic rings. The second-order valence-corrected chi connectivity index (χ2v) is 5.99. The average Bonchev–Trinajstić information content (AvgIpc) is 2.61.